The van der Waals surface area contributed by atoms with Crippen molar-refractivity contribution in [3.05, 3.63) is 11.6 Å². The fraction of sp³-hybridized carbons (Fsp3) is 0.792. The average molecular weight is 401 g/mol. The first kappa shape index (κ1) is 19.3. The summed E-state index contributed by atoms with van der Waals surface area (Å²) >= 11 is 0. The topological polar surface area (TPSA) is 80.7 Å². The van der Waals surface area contributed by atoms with Crippen LogP contribution in [0.15, 0.2) is 11.6 Å². The smallest absolute Gasteiger partial charge is 0.318 e. The van der Waals surface area contributed by atoms with Crippen molar-refractivity contribution in [1.82, 2.24) is 0 Å². The Balaban J connectivity index is 1.67. The number of cyclic esters (lactones) is 2. The van der Waals surface area contributed by atoms with Gasteiger partial charge in [-0.25, -0.2) is 0 Å². The van der Waals surface area contributed by atoms with E-state index in [0.29, 0.717) is 5.92 Å². The standard InChI is InChI=1S/C24H32O5/c1-12(2)14-11-24-9-6-15-22(3,7-5-8-23(15,4)21(27)28)16(24)10-13(14)17-18(24)20(26)29-19(17)25/h11-13,15-18H,5-10H2,1-4H3,(H,27,28)/t13-,15+,16+,17+,18-,22-,23+,24-/m0/s1. The summed E-state index contributed by atoms with van der Waals surface area (Å²) in [4.78, 5) is 37.8. The van der Waals surface area contributed by atoms with E-state index in [9.17, 15) is 19.5 Å². The van der Waals surface area contributed by atoms with Gasteiger partial charge in [0.2, 0.25) is 0 Å². The molecule has 1 saturated heterocycles. The predicted octanol–water partition coefficient (Wildman–Crippen LogP) is 4.21. The highest BCUT2D eigenvalue weighted by Crippen LogP contribution is 2.74. The summed E-state index contributed by atoms with van der Waals surface area (Å²) in [5.41, 5.74) is 0.122. The molecule has 29 heavy (non-hydrogen) atoms. The van der Waals surface area contributed by atoms with Gasteiger partial charge in [0.05, 0.1) is 17.3 Å². The van der Waals surface area contributed by atoms with E-state index in [1.54, 1.807) is 0 Å². The first-order valence-corrected chi connectivity index (χ1v) is 11.3. The summed E-state index contributed by atoms with van der Waals surface area (Å²) in [6, 6.07) is 0. The number of carboxylic acids is 1. The molecule has 0 amide bonds. The van der Waals surface area contributed by atoms with Gasteiger partial charge in [0, 0.05) is 5.41 Å². The van der Waals surface area contributed by atoms with Crippen molar-refractivity contribution >= 4 is 17.9 Å². The number of aliphatic carboxylic acids is 1. The monoisotopic (exact) mass is 400 g/mol. The molecule has 0 unspecified atom stereocenters. The second kappa shape index (κ2) is 5.73. The van der Waals surface area contributed by atoms with Gasteiger partial charge in [-0.2, -0.15) is 0 Å². The molecular formula is C24H32O5. The molecule has 5 aliphatic carbocycles. The van der Waals surface area contributed by atoms with Gasteiger partial charge < -0.3 is 9.84 Å². The Morgan fingerprint density at radius 1 is 1.14 bits per heavy atom. The van der Waals surface area contributed by atoms with E-state index >= 15 is 0 Å². The van der Waals surface area contributed by atoms with Gasteiger partial charge in [0.25, 0.3) is 0 Å². The number of carboxylic acid groups (broad SMARTS) is 1. The maximum absolute atomic E-state index is 12.9. The lowest BCUT2D eigenvalue weighted by molar-refractivity contribution is -0.195. The zero-order valence-electron chi connectivity index (χ0n) is 17.9. The summed E-state index contributed by atoms with van der Waals surface area (Å²) in [6.45, 7) is 8.56. The zero-order chi connectivity index (χ0) is 20.9. The van der Waals surface area contributed by atoms with Gasteiger partial charge in [0.1, 0.15) is 0 Å². The lowest BCUT2D eigenvalue weighted by Crippen LogP contribution is -2.65. The number of allylic oxidation sites excluding steroid dienone is 2. The van der Waals surface area contributed by atoms with E-state index in [1.807, 2.05) is 6.92 Å². The Kier molecular flexibility index (Phi) is 3.82. The number of hydrogen-bond acceptors (Lipinski definition) is 4. The Hall–Kier alpha value is -1.65. The summed E-state index contributed by atoms with van der Waals surface area (Å²) in [5, 5.41) is 10.1. The first-order valence-electron chi connectivity index (χ1n) is 11.3. The fourth-order valence-electron chi connectivity index (χ4n) is 8.76. The minimum absolute atomic E-state index is 0.0550. The van der Waals surface area contributed by atoms with E-state index in [4.69, 9.17) is 4.74 Å². The summed E-state index contributed by atoms with van der Waals surface area (Å²) in [7, 11) is 0. The maximum Gasteiger partial charge on any atom is 0.318 e. The molecule has 1 spiro atoms. The quantitative estimate of drug-likeness (QED) is 0.427. The first-order chi connectivity index (χ1) is 13.6. The molecule has 1 N–H and O–H groups in total. The van der Waals surface area contributed by atoms with Crippen LogP contribution in [0.4, 0.5) is 0 Å². The molecule has 4 fully saturated rings. The summed E-state index contributed by atoms with van der Waals surface area (Å²) < 4.78 is 5.20. The second-order valence-corrected chi connectivity index (χ2v) is 11.2. The van der Waals surface area contributed by atoms with E-state index < -0.39 is 11.4 Å². The van der Waals surface area contributed by atoms with Crippen LogP contribution in [0, 0.1) is 51.8 Å². The van der Waals surface area contributed by atoms with Gasteiger partial charge in [-0.1, -0.05) is 38.8 Å². The lowest BCUT2D eigenvalue weighted by Gasteiger charge is -2.68. The number of hydrogen-bond donors (Lipinski definition) is 1. The van der Waals surface area contributed by atoms with Crippen LogP contribution in [-0.4, -0.2) is 23.0 Å². The van der Waals surface area contributed by atoms with Crippen LogP contribution in [0.5, 0.6) is 0 Å². The number of esters is 2. The molecular weight excluding hydrogens is 368 g/mol. The zero-order valence-corrected chi connectivity index (χ0v) is 17.9. The second-order valence-electron chi connectivity index (χ2n) is 11.2. The number of rotatable bonds is 2. The minimum atomic E-state index is -0.707. The highest BCUT2D eigenvalue weighted by atomic mass is 16.6. The lowest BCUT2D eigenvalue weighted by atomic mass is 9.34. The van der Waals surface area contributed by atoms with E-state index in [-0.39, 0.29) is 52.4 Å². The Morgan fingerprint density at radius 3 is 2.52 bits per heavy atom. The molecule has 8 atom stereocenters. The molecule has 6 aliphatic rings. The van der Waals surface area contributed by atoms with Crippen LogP contribution >= 0.6 is 0 Å². The number of carbonyl (C=O) groups excluding carboxylic acids is 2. The van der Waals surface area contributed by atoms with Crippen molar-refractivity contribution in [2.24, 2.45) is 51.8 Å². The third kappa shape index (κ3) is 2.14. The molecule has 0 radical (unpaired) electrons. The molecule has 0 aromatic carbocycles. The van der Waals surface area contributed by atoms with Crippen molar-refractivity contribution < 1.29 is 24.2 Å². The molecule has 0 aromatic rings. The largest absolute Gasteiger partial charge is 0.481 e. The van der Waals surface area contributed by atoms with Crippen molar-refractivity contribution in [2.75, 3.05) is 0 Å². The fourth-order valence-corrected chi connectivity index (χ4v) is 8.76. The van der Waals surface area contributed by atoms with E-state index in [1.165, 1.54) is 5.57 Å². The molecule has 1 aliphatic heterocycles. The summed E-state index contributed by atoms with van der Waals surface area (Å²) in [6.07, 6.45) is 7.48. The minimum Gasteiger partial charge on any atom is -0.481 e. The molecule has 1 heterocycles. The summed E-state index contributed by atoms with van der Waals surface area (Å²) in [5.74, 6) is -1.33. The van der Waals surface area contributed by atoms with Crippen LogP contribution in [0.25, 0.3) is 0 Å². The molecule has 6 rings (SSSR count). The molecule has 5 heteroatoms. The van der Waals surface area contributed by atoms with Crippen LogP contribution < -0.4 is 0 Å². The average Bonchev–Trinajstić information content (AvgIpc) is 2.97. The van der Waals surface area contributed by atoms with Gasteiger partial charge >= 0.3 is 17.9 Å². The Morgan fingerprint density at radius 2 is 1.86 bits per heavy atom. The van der Waals surface area contributed by atoms with Gasteiger partial charge in [-0.3, -0.25) is 14.4 Å². The van der Waals surface area contributed by atoms with Crippen molar-refractivity contribution in [1.29, 1.82) is 0 Å². The third-order valence-corrected chi connectivity index (χ3v) is 9.89. The van der Waals surface area contributed by atoms with Crippen LogP contribution in [0.1, 0.15) is 66.2 Å². The Bertz CT molecular complexity index is 842. The molecule has 3 saturated carbocycles. The van der Waals surface area contributed by atoms with Gasteiger partial charge in [-0.05, 0) is 68.1 Å². The normalized spacial score (nSPS) is 50.5. The number of ether oxygens (including phenoxy) is 1. The van der Waals surface area contributed by atoms with Crippen LogP contribution in [-0.2, 0) is 19.1 Å². The van der Waals surface area contributed by atoms with E-state index in [0.717, 1.165) is 38.5 Å². The molecule has 5 nitrogen and oxygen atoms in total. The van der Waals surface area contributed by atoms with Gasteiger partial charge in [-0.15, -0.1) is 0 Å². The predicted molar refractivity (Wildman–Crippen MR) is 105 cm³/mol. The SMILES string of the molecule is CC(C)C1=C[C@@]23CC[C@@H]4[C@](C)(CCC[C@@]4(C)C(=O)O)[C@H]2C[C@@H]1[C@H]1C(=O)OC(=O)[C@H]13. The maximum atomic E-state index is 12.9. The van der Waals surface area contributed by atoms with Crippen molar-refractivity contribution in [3.63, 3.8) is 0 Å². The molecule has 0 aromatic heterocycles. The van der Waals surface area contributed by atoms with Crippen molar-refractivity contribution in [2.45, 2.75) is 66.2 Å². The Labute approximate surface area is 172 Å². The molecule has 2 bridgehead atoms. The van der Waals surface area contributed by atoms with Crippen molar-refractivity contribution in [3.8, 4) is 0 Å². The highest BCUT2D eigenvalue weighted by Gasteiger charge is 2.73. The number of carbonyl (C=O) groups is 3. The van der Waals surface area contributed by atoms with Gasteiger partial charge in [0.15, 0.2) is 0 Å². The highest BCUT2D eigenvalue weighted by molar-refractivity contribution is 5.98. The van der Waals surface area contributed by atoms with E-state index in [2.05, 4.69) is 26.8 Å². The van der Waals surface area contributed by atoms with Crippen LogP contribution in [0.3, 0.4) is 0 Å². The third-order valence-electron chi connectivity index (χ3n) is 9.89. The number of fused-ring (bicyclic) bond motifs is 1. The van der Waals surface area contributed by atoms with Crippen LogP contribution in [0.2, 0.25) is 0 Å². The molecule has 158 valence electrons.